The van der Waals surface area contributed by atoms with Crippen molar-refractivity contribution in [1.82, 2.24) is 24.6 Å². The first kappa shape index (κ1) is 19.9. The summed E-state index contributed by atoms with van der Waals surface area (Å²) in [7, 11) is 1.67. The Bertz CT molecular complexity index is 782. The van der Waals surface area contributed by atoms with Crippen LogP contribution < -0.4 is 0 Å². The minimum Gasteiger partial charge on any atom is -0.342 e. The highest BCUT2D eigenvalue weighted by atomic mass is 32.2. The van der Waals surface area contributed by atoms with Crippen LogP contribution in [0.15, 0.2) is 22.7 Å². The number of thioether (sulfide) groups is 1. The topological polar surface area (TPSA) is 71.3 Å². The molecule has 2 aromatic rings. The van der Waals surface area contributed by atoms with Gasteiger partial charge in [0.15, 0.2) is 11.0 Å². The van der Waals surface area contributed by atoms with E-state index in [1.54, 1.807) is 23.3 Å². The van der Waals surface area contributed by atoms with E-state index in [4.69, 9.17) is 0 Å². The van der Waals surface area contributed by atoms with E-state index in [0.29, 0.717) is 19.1 Å². The van der Waals surface area contributed by atoms with E-state index in [-0.39, 0.29) is 24.1 Å². The normalized spacial score (nSPS) is 13.6. The zero-order valence-electron chi connectivity index (χ0n) is 15.9. The van der Waals surface area contributed by atoms with Gasteiger partial charge in [-0.25, -0.2) is 0 Å². The van der Waals surface area contributed by atoms with Crippen LogP contribution in [0.1, 0.15) is 32.7 Å². The van der Waals surface area contributed by atoms with Gasteiger partial charge in [-0.1, -0.05) is 17.8 Å². The molecule has 1 aliphatic rings. The molecule has 0 N–H and O–H groups in total. The van der Waals surface area contributed by atoms with Gasteiger partial charge in [-0.3, -0.25) is 14.2 Å². The van der Waals surface area contributed by atoms with Crippen molar-refractivity contribution < 1.29 is 9.59 Å². The third-order valence-electron chi connectivity index (χ3n) is 4.56. The number of amides is 2. The van der Waals surface area contributed by atoms with Crippen LogP contribution >= 0.6 is 23.1 Å². The van der Waals surface area contributed by atoms with Crippen molar-refractivity contribution in [1.29, 1.82) is 0 Å². The number of likely N-dealkylation sites (N-methyl/N-ethyl adjacent to an activating group) is 2. The predicted molar refractivity (Wildman–Crippen MR) is 108 cm³/mol. The number of hydrogen-bond donors (Lipinski definition) is 0. The highest BCUT2D eigenvalue weighted by Gasteiger charge is 2.30. The number of rotatable bonds is 9. The maximum atomic E-state index is 12.5. The van der Waals surface area contributed by atoms with E-state index in [2.05, 4.69) is 14.8 Å². The molecule has 0 spiro atoms. The summed E-state index contributed by atoms with van der Waals surface area (Å²) in [5, 5.41) is 11.5. The van der Waals surface area contributed by atoms with Gasteiger partial charge in [0.2, 0.25) is 11.8 Å². The van der Waals surface area contributed by atoms with Gasteiger partial charge < -0.3 is 9.80 Å². The van der Waals surface area contributed by atoms with Crippen molar-refractivity contribution in [2.75, 3.05) is 32.4 Å². The summed E-state index contributed by atoms with van der Waals surface area (Å²) in [5.74, 6) is 1.02. The third kappa shape index (κ3) is 4.70. The van der Waals surface area contributed by atoms with Gasteiger partial charge in [0.1, 0.15) is 0 Å². The molecule has 0 atom stereocenters. The minimum absolute atomic E-state index is 0.0259. The van der Waals surface area contributed by atoms with Crippen LogP contribution in [0, 0.1) is 0 Å². The fraction of sp³-hybridized carbons (Fsp3) is 0.556. The van der Waals surface area contributed by atoms with Gasteiger partial charge in [-0.15, -0.1) is 21.5 Å². The molecule has 1 saturated carbocycles. The average molecular weight is 408 g/mol. The maximum absolute atomic E-state index is 12.5. The van der Waals surface area contributed by atoms with Crippen LogP contribution in [0.25, 0.3) is 10.7 Å². The summed E-state index contributed by atoms with van der Waals surface area (Å²) in [5.41, 5.74) is 0. The van der Waals surface area contributed by atoms with E-state index >= 15 is 0 Å². The van der Waals surface area contributed by atoms with Crippen LogP contribution in [0.4, 0.5) is 0 Å². The molecule has 1 aliphatic carbocycles. The maximum Gasteiger partial charge on any atom is 0.242 e. The lowest BCUT2D eigenvalue weighted by atomic mass is 10.4. The van der Waals surface area contributed by atoms with Crippen molar-refractivity contribution in [3.8, 4) is 10.7 Å². The van der Waals surface area contributed by atoms with Crippen molar-refractivity contribution in [2.24, 2.45) is 0 Å². The first-order valence-corrected chi connectivity index (χ1v) is 11.0. The summed E-state index contributed by atoms with van der Waals surface area (Å²) in [6.45, 7) is 5.30. The van der Waals surface area contributed by atoms with Crippen molar-refractivity contribution in [3.63, 3.8) is 0 Å². The average Bonchev–Trinajstić information content (AvgIpc) is 3.18. The predicted octanol–water partition coefficient (Wildman–Crippen LogP) is 2.76. The molecule has 3 rings (SSSR count). The van der Waals surface area contributed by atoms with Crippen LogP contribution in [0.2, 0.25) is 0 Å². The molecule has 0 bridgehead atoms. The number of thiophene rings is 1. The second-order valence-electron chi connectivity index (χ2n) is 6.49. The first-order chi connectivity index (χ1) is 13.0. The zero-order valence-corrected chi connectivity index (χ0v) is 17.6. The molecule has 2 heterocycles. The van der Waals surface area contributed by atoms with Crippen LogP contribution in [-0.4, -0.2) is 68.8 Å². The monoisotopic (exact) mass is 407 g/mol. The number of aromatic nitrogens is 3. The molecule has 7 nitrogen and oxygen atoms in total. The largest absolute Gasteiger partial charge is 0.342 e. The number of carbonyl (C=O) groups excluding carboxylic acids is 2. The first-order valence-electron chi connectivity index (χ1n) is 9.18. The highest BCUT2D eigenvalue weighted by molar-refractivity contribution is 7.99. The zero-order chi connectivity index (χ0) is 19.4. The molecular weight excluding hydrogens is 382 g/mol. The Morgan fingerprint density at radius 1 is 1.26 bits per heavy atom. The Kier molecular flexibility index (Phi) is 6.54. The van der Waals surface area contributed by atoms with Gasteiger partial charge in [0, 0.05) is 26.2 Å². The summed E-state index contributed by atoms with van der Waals surface area (Å²) in [4.78, 5) is 29.0. The second kappa shape index (κ2) is 8.88. The molecule has 0 aliphatic heterocycles. The van der Waals surface area contributed by atoms with E-state index in [0.717, 1.165) is 28.7 Å². The molecule has 0 saturated heterocycles. The highest BCUT2D eigenvalue weighted by Crippen LogP contribution is 2.41. The summed E-state index contributed by atoms with van der Waals surface area (Å²) >= 11 is 3.04. The van der Waals surface area contributed by atoms with E-state index in [9.17, 15) is 9.59 Å². The van der Waals surface area contributed by atoms with Crippen LogP contribution in [0.5, 0.6) is 0 Å². The van der Waals surface area contributed by atoms with Gasteiger partial charge in [-0.05, 0) is 38.1 Å². The Balaban J connectivity index is 1.61. The SMILES string of the molecule is CCN(CC)C(=O)CN(C)C(=O)CSc1nnc(-c2cccs2)n1C1CC1. The second-order valence-corrected chi connectivity index (χ2v) is 8.38. The van der Waals surface area contributed by atoms with Crippen molar-refractivity contribution in [2.45, 2.75) is 37.9 Å². The Morgan fingerprint density at radius 2 is 2.00 bits per heavy atom. The van der Waals surface area contributed by atoms with Crippen molar-refractivity contribution in [3.05, 3.63) is 17.5 Å². The minimum atomic E-state index is -0.0801. The molecule has 0 aromatic carbocycles. The lowest BCUT2D eigenvalue weighted by molar-refractivity contribution is -0.137. The van der Waals surface area contributed by atoms with E-state index in [1.807, 2.05) is 31.4 Å². The molecule has 146 valence electrons. The molecule has 2 aromatic heterocycles. The summed E-state index contributed by atoms with van der Waals surface area (Å²) in [6.07, 6.45) is 2.24. The Hall–Kier alpha value is -1.87. The van der Waals surface area contributed by atoms with Gasteiger partial charge >= 0.3 is 0 Å². The standard InChI is InChI=1S/C18H25N5O2S2/c1-4-22(5-2)15(24)11-21(3)16(25)12-27-18-20-19-17(14-7-6-10-26-14)23(18)13-8-9-13/h6-7,10,13H,4-5,8-9,11-12H2,1-3H3. The lowest BCUT2D eigenvalue weighted by Gasteiger charge is -2.23. The summed E-state index contributed by atoms with van der Waals surface area (Å²) < 4.78 is 2.16. The van der Waals surface area contributed by atoms with E-state index < -0.39 is 0 Å². The fourth-order valence-electron chi connectivity index (χ4n) is 2.82. The molecule has 0 unspecified atom stereocenters. The number of nitrogens with zero attached hydrogens (tertiary/aromatic N) is 5. The Labute approximate surface area is 167 Å². The Morgan fingerprint density at radius 3 is 2.59 bits per heavy atom. The number of carbonyl (C=O) groups is 2. The lowest BCUT2D eigenvalue weighted by Crippen LogP contribution is -2.41. The quantitative estimate of drug-likeness (QED) is 0.598. The third-order valence-corrected chi connectivity index (χ3v) is 6.35. The summed E-state index contributed by atoms with van der Waals surface area (Å²) in [6, 6.07) is 4.47. The molecule has 2 amide bonds. The molecule has 27 heavy (non-hydrogen) atoms. The molecular formula is C18H25N5O2S2. The van der Waals surface area contributed by atoms with Crippen molar-refractivity contribution >= 4 is 34.9 Å². The molecule has 0 radical (unpaired) electrons. The van der Waals surface area contributed by atoms with Gasteiger partial charge in [-0.2, -0.15) is 0 Å². The smallest absolute Gasteiger partial charge is 0.242 e. The van der Waals surface area contributed by atoms with Gasteiger partial charge in [0.25, 0.3) is 0 Å². The van der Waals surface area contributed by atoms with Crippen LogP contribution in [-0.2, 0) is 9.59 Å². The van der Waals surface area contributed by atoms with E-state index in [1.165, 1.54) is 16.7 Å². The fourth-order valence-corrected chi connectivity index (χ4v) is 4.47. The molecule has 1 fully saturated rings. The number of hydrogen-bond acceptors (Lipinski definition) is 6. The van der Waals surface area contributed by atoms with Crippen LogP contribution in [0.3, 0.4) is 0 Å². The van der Waals surface area contributed by atoms with Gasteiger partial charge in [0.05, 0.1) is 17.2 Å². The molecule has 9 heteroatoms.